The van der Waals surface area contributed by atoms with Crippen molar-refractivity contribution < 1.29 is 15.1 Å². The summed E-state index contributed by atoms with van der Waals surface area (Å²) in [5.74, 6) is 0. The number of rotatable bonds is 4. The van der Waals surface area contributed by atoms with E-state index in [2.05, 4.69) is 0 Å². The molecule has 0 radical (unpaired) electrons. The monoisotopic (exact) mass is 276 g/mol. The van der Waals surface area contributed by atoms with Gasteiger partial charge in [-0.05, 0) is 0 Å². The fourth-order valence-electron chi connectivity index (χ4n) is 0.500. The molecule has 10 heavy (non-hydrogen) atoms. The third kappa shape index (κ3) is 3.36. The maximum atomic E-state index is 4.91. The predicted molar refractivity (Wildman–Crippen MR) is 45.1 cm³/mol. The zero-order valence-electron chi connectivity index (χ0n) is 6.13. The van der Waals surface area contributed by atoms with E-state index >= 15 is 0 Å². The van der Waals surface area contributed by atoms with Gasteiger partial charge in [0, 0.05) is 0 Å². The fraction of sp³-hybridized carbons (Fsp3) is 1.00. The van der Waals surface area contributed by atoms with Crippen LogP contribution < -0.4 is 0 Å². The molecule has 0 aliphatic rings. The van der Waals surface area contributed by atoms with E-state index in [1.165, 1.54) is 28.4 Å². The summed E-state index contributed by atoms with van der Waals surface area (Å²) in [5.41, 5.74) is 0. The average Bonchev–Trinajstić information content (AvgIpc) is 1.95. The molecule has 0 aliphatic heterocycles. The van der Waals surface area contributed by atoms with Crippen LogP contribution in [-0.4, -0.2) is 60.6 Å². The molecule has 0 saturated carbocycles. The van der Waals surface area contributed by atoms with Gasteiger partial charge in [0.2, 0.25) is 0 Å². The summed E-state index contributed by atoms with van der Waals surface area (Å²) in [6.07, 6.45) is 0. The average molecular weight is 273 g/mol. The van der Waals surface area contributed by atoms with E-state index in [0.29, 0.717) is 0 Å². The van der Waals surface area contributed by atoms with Crippen LogP contribution in [0.1, 0.15) is 0 Å². The molecule has 0 atom stereocenters. The van der Waals surface area contributed by atoms with E-state index in [1.807, 2.05) is 0 Å². The van der Waals surface area contributed by atoms with Gasteiger partial charge in [0.05, 0.1) is 0 Å². The van der Waals surface area contributed by atoms with Gasteiger partial charge in [-0.25, -0.2) is 0 Å². The molecule has 0 aromatic carbocycles. The summed E-state index contributed by atoms with van der Waals surface area (Å²) in [6, 6.07) is 0. The van der Waals surface area contributed by atoms with Crippen LogP contribution in [0, 0.1) is 0 Å². The first-order valence-electron chi connectivity index (χ1n) is 2.45. The predicted octanol–water partition coefficient (Wildman–Crippen LogP) is -1.44. The Kier molecular flexibility index (Phi) is 8.95. The molecule has 0 saturated heterocycles. The molecule has 0 aliphatic carbocycles. The number of hydrogen-bond donors (Lipinski definition) is 0. The quantitative estimate of drug-likeness (QED) is 0.588. The molecule has 0 heterocycles. The Hall–Kier alpha value is 0.926. The molecule has 0 fully saturated rings. The molecular formula is C4H16Ge2O4. The van der Waals surface area contributed by atoms with Crippen LogP contribution in [0.2, 0.25) is 0 Å². The Morgan fingerprint density at radius 1 is 0.700 bits per heavy atom. The molecule has 0 rings (SSSR count). The van der Waals surface area contributed by atoms with Gasteiger partial charge in [0.25, 0.3) is 0 Å². The van der Waals surface area contributed by atoms with Gasteiger partial charge >= 0.3 is 75.7 Å². The van der Waals surface area contributed by atoms with Gasteiger partial charge < -0.3 is 0 Å². The van der Waals surface area contributed by atoms with Crippen molar-refractivity contribution in [1.82, 2.24) is 0 Å². The Bertz CT molecular complexity index is 58.1. The molecule has 0 aromatic rings. The van der Waals surface area contributed by atoms with Crippen LogP contribution in [0.25, 0.3) is 0 Å². The second-order valence-corrected chi connectivity index (χ2v) is 6.84. The van der Waals surface area contributed by atoms with Gasteiger partial charge in [0.1, 0.15) is 0 Å². The standard InChI is InChI=1S/C4H12GeO4.GeH4/c1-6-5(7-2,8-3)9-4;/h1-4H3;1H4. The molecule has 0 amide bonds. The van der Waals surface area contributed by atoms with Crippen molar-refractivity contribution in [1.29, 1.82) is 0 Å². The van der Waals surface area contributed by atoms with E-state index < -0.39 is 14.6 Å². The van der Waals surface area contributed by atoms with Crippen LogP contribution in [-0.2, 0) is 15.1 Å². The molecule has 0 unspecified atom stereocenters. The molecule has 0 N–H and O–H groups in total. The van der Waals surface area contributed by atoms with Gasteiger partial charge in [0.15, 0.2) is 0 Å². The van der Waals surface area contributed by atoms with Crippen LogP contribution in [0.4, 0.5) is 0 Å². The van der Waals surface area contributed by atoms with Crippen molar-refractivity contribution in [2.75, 3.05) is 28.4 Å². The summed E-state index contributed by atoms with van der Waals surface area (Å²) in [4.78, 5) is 0. The SMILES string of the molecule is C[O][Ge]([O]C)([O]C)[O]C.[GeH4]. The molecule has 0 bridgehead atoms. The van der Waals surface area contributed by atoms with Gasteiger partial charge in [-0.1, -0.05) is 0 Å². The second-order valence-electron chi connectivity index (χ2n) is 1.32. The maximum absolute atomic E-state index is 4.91. The topological polar surface area (TPSA) is 36.9 Å². The van der Waals surface area contributed by atoms with Crippen molar-refractivity contribution >= 4 is 32.2 Å². The summed E-state index contributed by atoms with van der Waals surface area (Å²) < 4.78 is 19.6. The Morgan fingerprint density at radius 2 is 0.900 bits per heavy atom. The van der Waals surface area contributed by atoms with Crippen molar-refractivity contribution in [2.24, 2.45) is 0 Å². The minimum atomic E-state index is -3.17. The molecule has 0 aromatic heterocycles. The molecule has 0 spiro atoms. The Labute approximate surface area is 75.9 Å². The van der Waals surface area contributed by atoms with E-state index in [4.69, 9.17) is 15.1 Å². The third-order valence-electron chi connectivity index (χ3n) is 1.00. The van der Waals surface area contributed by atoms with Crippen LogP contribution >= 0.6 is 0 Å². The summed E-state index contributed by atoms with van der Waals surface area (Å²) in [7, 11) is 6.04. The number of hydrogen-bond acceptors (Lipinski definition) is 4. The van der Waals surface area contributed by atoms with Gasteiger partial charge in [-0.2, -0.15) is 0 Å². The van der Waals surface area contributed by atoms with Crippen LogP contribution in [0.5, 0.6) is 0 Å². The van der Waals surface area contributed by atoms with Gasteiger partial charge in [-0.3, -0.25) is 0 Å². The molecular weight excluding hydrogens is 257 g/mol. The molecule has 4 nitrogen and oxygen atoms in total. The first-order valence-corrected chi connectivity index (χ1v) is 5.88. The normalized spacial score (nSPS) is 10.8. The van der Waals surface area contributed by atoms with Crippen LogP contribution in [0.3, 0.4) is 0 Å². The molecule has 64 valence electrons. The van der Waals surface area contributed by atoms with Gasteiger partial charge in [-0.15, -0.1) is 0 Å². The summed E-state index contributed by atoms with van der Waals surface area (Å²) in [6.45, 7) is 0. The first kappa shape index (κ1) is 13.5. The minimum absolute atomic E-state index is 0. The Morgan fingerprint density at radius 3 is 0.900 bits per heavy atom. The second kappa shape index (κ2) is 6.62. The first-order chi connectivity index (χ1) is 4.24. The Balaban J connectivity index is 0. The third-order valence-corrected chi connectivity index (χ3v) is 5.20. The van der Waals surface area contributed by atoms with Crippen molar-refractivity contribution in [3.63, 3.8) is 0 Å². The summed E-state index contributed by atoms with van der Waals surface area (Å²) >= 11 is -3.17. The van der Waals surface area contributed by atoms with E-state index in [0.717, 1.165) is 0 Å². The van der Waals surface area contributed by atoms with Crippen molar-refractivity contribution in [3.05, 3.63) is 0 Å². The molecule has 6 heteroatoms. The summed E-state index contributed by atoms with van der Waals surface area (Å²) in [5, 5.41) is 0. The zero-order valence-corrected chi connectivity index (χ0v) is 8.23. The zero-order chi connectivity index (χ0) is 7.33. The van der Waals surface area contributed by atoms with Crippen LogP contribution in [0.15, 0.2) is 0 Å². The van der Waals surface area contributed by atoms with E-state index in [-0.39, 0.29) is 17.6 Å². The fourth-order valence-corrected chi connectivity index (χ4v) is 2.60. The van der Waals surface area contributed by atoms with Crippen molar-refractivity contribution in [3.8, 4) is 0 Å². The van der Waals surface area contributed by atoms with Crippen molar-refractivity contribution in [2.45, 2.75) is 0 Å². The van der Waals surface area contributed by atoms with E-state index in [9.17, 15) is 0 Å². The van der Waals surface area contributed by atoms with E-state index in [1.54, 1.807) is 0 Å².